The highest BCUT2D eigenvalue weighted by molar-refractivity contribution is 5.86. The lowest BCUT2D eigenvalue weighted by Crippen LogP contribution is -2.29. The van der Waals surface area contributed by atoms with Crippen LogP contribution in [0.15, 0.2) is 12.7 Å². The third kappa shape index (κ3) is 7.99. The van der Waals surface area contributed by atoms with E-state index in [1.165, 1.54) is 13.2 Å². The van der Waals surface area contributed by atoms with Crippen molar-refractivity contribution in [2.45, 2.75) is 13.3 Å². The van der Waals surface area contributed by atoms with Crippen molar-refractivity contribution in [1.29, 1.82) is 0 Å². The van der Waals surface area contributed by atoms with Crippen LogP contribution in [0.5, 0.6) is 0 Å². The number of esters is 1. The molecule has 0 saturated heterocycles. The first-order valence-electron chi connectivity index (χ1n) is 5.15. The van der Waals surface area contributed by atoms with Gasteiger partial charge in [0.2, 0.25) is 5.91 Å². The maximum Gasteiger partial charge on any atom is 0.308 e. The van der Waals surface area contributed by atoms with Crippen LogP contribution in [0.4, 0.5) is 0 Å². The Balaban J connectivity index is 3.56. The minimum Gasteiger partial charge on any atom is -0.465 e. The number of rotatable bonds is 8. The van der Waals surface area contributed by atoms with Gasteiger partial charge in [0.1, 0.15) is 0 Å². The molecule has 0 aliphatic heterocycles. The van der Waals surface area contributed by atoms with E-state index >= 15 is 0 Å². The van der Waals surface area contributed by atoms with E-state index in [4.69, 9.17) is 9.47 Å². The zero-order valence-electron chi connectivity index (χ0n) is 9.82. The first kappa shape index (κ1) is 14.6. The summed E-state index contributed by atoms with van der Waals surface area (Å²) in [7, 11) is 1.53. The van der Waals surface area contributed by atoms with Crippen LogP contribution in [-0.2, 0) is 19.1 Å². The fraction of sp³-hybridized carbons (Fsp3) is 0.636. The number of methoxy groups -OCH3 is 1. The molecule has 1 N–H and O–H groups in total. The number of nitrogens with one attached hydrogen (secondary N) is 1. The minimum atomic E-state index is -0.288. The molecule has 0 rings (SSSR count). The first-order chi connectivity index (χ1) is 7.60. The van der Waals surface area contributed by atoms with Crippen LogP contribution in [-0.4, -0.2) is 38.7 Å². The number of amides is 1. The minimum absolute atomic E-state index is 0.0791. The highest BCUT2D eigenvalue weighted by Gasteiger charge is 2.07. The van der Waals surface area contributed by atoms with Gasteiger partial charge in [-0.2, -0.15) is 0 Å². The number of carbonyl (C=O) groups is 2. The largest absolute Gasteiger partial charge is 0.465 e. The molecule has 0 bridgehead atoms. The number of ether oxygens (including phenoxy) is 2. The highest BCUT2D eigenvalue weighted by atomic mass is 16.5. The number of hydrogen-bond acceptors (Lipinski definition) is 4. The molecule has 0 radical (unpaired) electrons. The Morgan fingerprint density at radius 1 is 1.50 bits per heavy atom. The molecule has 16 heavy (non-hydrogen) atoms. The SMILES string of the molecule is C=CC(=O)NCC(C)COC(=O)CCOC. The van der Waals surface area contributed by atoms with E-state index in [0.717, 1.165) is 0 Å². The Hall–Kier alpha value is -1.36. The molecule has 0 aromatic rings. The van der Waals surface area contributed by atoms with Crippen LogP contribution < -0.4 is 5.32 Å². The van der Waals surface area contributed by atoms with Gasteiger partial charge in [-0.25, -0.2) is 0 Å². The summed E-state index contributed by atoms with van der Waals surface area (Å²) < 4.78 is 9.72. The van der Waals surface area contributed by atoms with E-state index in [1.54, 1.807) is 0 Å². The van der Waals surface area contributed by atoms with Gasteiger partial charge in [-0.05, 0) is 6.08 Å². The lowest BCUT2D eigenvalue weighted by molar-refractivity contribution is -0.145. The summed E-state index contributed by atoms with van der Waals surface area (Å²) in [4.78, 5) is 21.9. The third-order valence-electron chi connectivity index (χ3n) is 1.85. The van der Waals surface area contributed by atoms with Gasteiger partial charge in [-0.3, -0.25) is 9.59 Å². The van der Waals surface area contributed by atoms with Crippen LogP contribution in [0.2, 0.25) is 0 Å². The quantitative estimate of drug-likeness (QED) is 0.486. The van der Waals surface area contributed by atoms with Gasteiger partial charge < -0.3 is 14.8 Å². The van der Waals surface area contributed by atoms with E-state index in [2.05, 4.69) is 11.9 Å². The van der Waals surface area contributed by atoms with Gasteiger partial charge in [0, 0.05) is 19.6 Å². The van der Waals surface area contributed by atoms with Crippen molar-refractivity contribution >= 4 is 11.9 Å². The van der Waals surface area contributed by atoms with E-state index in [9.17, 15) is 9.59 Å². The molecule has 0 aromatic heterocycles. The van der Waals surface area contributed by atoms with E-state index in [0.29, 0.717) is 19.8 Å². The Labute approximate surface area is 95.8 Å². The van der Waals surface area contributed by atoms with Crippen molar-refractivity contribution < 1.29 is 19.1 Å². The molecule has 0 saturated carbocycles. The molecular weight excluding hydrogens is 210 g/mol. The maximum atomic E-state index is 11.1. The lowest BCUT2D eigenvalue weighted by Gasteiger charge is -2.12. The molecule has 0 aliphatic rings. The Morgan fingerprint density at radius 2 is 2.19 bits per heavy atom. The smallest absolute Gasteiger partial charge is 0.308 e. The highest BCUT2D eigenvalue weighted by Crippen LogP contribution is 1.96. The van der Waals surface area contributed by atoms with Gasteiger partial charge >= 0.3 is 5.97 Å². The zero-order valence-corrected chi connectivity index (χ0v) is 9.82. The van der Waals surface area contributed by atoms with Gasteiger partial charge in [-0.15, -0.1) is 0 Å². The van der Waals surface area contributed by atoms with Crippen molar-refractivity contribution in [2.75, 3.05) is 26.9 Å². The molecular formula is C11H19NO4. The molecule has 0 aromatic carbocycles. The summed E-state index contributed by atoms with van der Waals surface area (Å²) >= 11 is 0. The van der Waals surface area contributed by atoms with E-state index in [1.807, 2.05) is 6.92 Å². The Bertz CT molecular complexity index is 240. The van der Waals surface area contributed by atoms with E-state index < -0.39 is 0 Å². The number of hydrogen-bond donors (Lipinski definition) is 1. The molecule has 1 unspecified atom stereocenters. The van der Waals surface area contributed by atoms with Crippen molar-refractivity contribution in [3.05, 3.63) is 12.7 Å². The molecule has 1 amide bonds. The van der Waals surface area contributed by atoms with Crippen LogP contribution >= 0.6 is 0 Å². The van der Waals surface area contributed by atoms with Crippen molar-refractivity contribution in [2.24, 2.45) is 5.92 Å². The van der Waals surface area contributed by atoms with Crippen molar-refractivity contribution in [3.8, 4) is 0 Å². The van der Waals surface area contributed by atoms with Crippen molar-refractivity contribution in [1.82, 2.24) is 5.32 Å². The normalized spacial score (nSPS) is 11.6. The molecule has 1 atom stereocenters. The molecule has 0 spiro atoms. The predicted molar refractivity (Wildman–Crippen MR) is 59.8 cm³/mol. The summed E-state index contributed by atoms with van der Waals surface area (Å²) in [5.41, 5.74) is 0. The van der Waals surface area contributed by atoms with Gasteiger partial charge in [0.25, 0.3) is 0 Å². The van der Waals surface area contributed by atoms with E-state index in [-0.39, 0.29) is 24.2 Å². The van der Waals surface area contributed by atoms with Gasteiger partial charge in [0.15, 0.2) is 0 Å². The van der Waals surface area contributed by atoms with Crippen LogP contribution in [0, 0.1) is 5.92 Å². The van der Waals surface area contributed by atoms with Crippen LogP contribution in [0.25, 0.3) is 0 Å². The summed E-state index contributed by atoms with van der Waals surface area (Å²) in [5, 5.41) is 2.63. The molecule has 5 nitrogen and oxygen atoms in total. The molecule has 92 valence electrons. The van der Waals surface area contributed by atoms with Crippen molar-refractivity contribution in [3.63, 3.8) is 0 Å². The van der Waals surface area contributed by atoms with Gasteiger partial charge in [-0.1, -0.05) is 13.5 Å². The lowest BCUT2D eigenvalue weighted by atomic mass is 10.2. The van der Waals surface area contributed by atoms with Crippen LogP contribution in [0.3, 0.4) is 0 Å². The zero-order chi connectivity index (χ0) is 12.4. The number of carbonyl (C=O) groups excluding carboxylic acids is 2. The summed E-state index contributed by atoms with van der Waals surface area (Å²) in [6, 6.07) is 0. The molecule has 0 heterocycles. The summed E-state index contributed by atoms with van der Waals surface area (Å²) in [5.74, 6) is -0.434. The monoisotopic (exact) mass is 229 g/mol. The average molecular weight is 229 g/mol. The predicted octanol–water partition coefficient (Wildman–Crippen LogP) is 0.504. The average Bonchev–Trinajstić information content (AvgIpc) is 2.30. The summed E-state index contributed by atoms with van der Waals surface area (Å²) in [6.07, 6.45) is 1.46. The molecule has 0 aliphatic carbocycles. The topological polar surface area (TPSA) is 64.6 Å². The Morgan fingerprint density at radius 3 is 2.75 bits per heavy atom. The maximum absolute atomic E-state index is 11.1. The van der Waals surface area contributed by atoms with Crippen LogP contribution in [0.1, 0.15) is 13.3 Å². The third-order valence-corrected chi connectivity index (χ3v) is 1.85. The fourth-order valence-electron chi connectivity index (χ4n) is 0.899. The molecule has 5 heteroatoms. The second-order valence-electron chi connectivity index (χ2n) is 3.48. The molecule has 0 fully saturated rings. The standard InChI is InChI=1S/C11H19NO4/c1-4-10(13)12-7-9(2)8-16-11(14)5-6-15-3/h4,9H,1,5-8H2,2-3H3,(H,12,13). The van der Waals surface area contributed by atoms with Gasteiger partial charge in [0.05, 0.1) is 19.6 Å². The fourth-order valence-corrected chi connectivity index (χ4v) is 0.899. The Kier molecular flexibility index (Phi) is 8.15. The second-order valence-corrected chi connectivity index (χ2v) is 3.48. The first-order valence-corrected chi connectivity index (χ1v) is 5.15. The summed E-state index contributed by atoms with van der Waals surface area (Å²) in [6.45, 7) is 6.33. The second kappa shape index (κ2) is 8.91.